The quantitative estimate of drug-likeness (QED) is 0.798. The van der Waals surface area contributed by atoms with Gasteiger partial charge in [-0.25, -0.2) is 0 Å². The van der Waals surface area contributed by atoms with Crippen LogP contribution in [0.2, 0.25) is 0 Å². The minimum atomic E-state index is 0.272. The fourth-order valence-electron chi connectivity index (χ4n) is 2.51. The van der Waals surface area contributed by atoms with Crippen LogP contribution in [0, 0.1) is 0 Å². The molecule has 2 heterocycles. The Balaban J connectivity index is 1.42. The molecule has 0 amide bonds. The minimum absolute atomic E-state index is 0.272. The summed E-state index contributed by atoms with van der Waals surface area (Å²) < 4.78 is 10.8. The van der Waals surface area contributed by atoms with Crippen LogP contribution in [0.15, 0.2) is 34.3 Å². The molecule has 0 saturated carbocycles. The molecular formula is C16H20N2O2. The number of rotatable bonds is 6. The summed E-state index contributed by atoms with van der Waals surface area (Å²) >= 11 is 0. The standard InChI is InChI=1S/C16H20N2O2/c1-2-14(6-8-16-10-18-12-20-16)4-3-13(1)5-7-15-9-17-11-19-15/h1-4,11-12,15-16H,5-10H2. The summed E-state index contributed by atoms with van der Waals surface area (Å²) in [4.78, 5) is 8.17. The van der Waals surface area contributed by atoms with Gasteiger partial charge in [-0.05, 0) is 36.8 Å². The molecule has 3 rings (SSSR count). The van der Waals surface area contributed by atoms with Crippen LogP contribution in [0.1, 0.15) is 24.0 Å². The van der Waals surface area contributed by atoms with Crippen molar-refractivity contribution >= 4 is 12.8 Å². The third kappa shape index (κ3) is 3.59. The average Bonchev–Trinajstić information content (AvgIpc) is 3.17. The highest BCUT2D eigenvalue weighted by Gasteiger charge is 2.13. The largest absolute Gasteiger partial charge is 0.478 e. The van der Waals surface area contributed by atoms with Crippen LogP contribution in [0.5, 0.6) is 0 Å². The summed E-state index contributed by atoms with van der Waals surface area (Å²) in [6.45, 7) is 1.61. The molecule has 0 bridgehead atoms. The highest BCUT2D eigenvalue weighted by Crippen LogP contribution is 2.14. The molecule has 0 N–H and O–H groups in total. The van der Waals surface area contributed by atoms with Gasteiger partial charge in [0.1, 0.15) is 12.2 Å². The lowest BCUT2D eigenvalue weighted by molar-refractivity contribution is 0.222. The van der Waals surface area contributed by atoms with Gasteiger partial charge < -0.3 is 9.47 Å². The number of aliphatic imine (C=N–C) groups is 2. The lowest BCUT2D eigenvalue weighted by Crippen LogP contribution is -2.11. The maximum atomic E-state index is 5.38. The van der Waals surface area contributed by atoms with Crippen molar-refractivity contribution in [2.45, 2.75) is 37.9 Å². The van der Waals surface area contributed by atoms with Gasteiger partial charge in [-0.1, -0.05) is 24.3 Å². The van der Waals surface area contributed by atoms with Gasteiger partial charge in [0.15, 0.2) is 12.8 Å². The van der Waals surface area contributed by atoms with E-state index in [4.69, 9.17) is 9.47 Å². The second-order valence-corrected chi connectivity index (χ2v) is 5.35. The van der Waals surface area contributed by atoms with Crippen LogP contribution < -0.4 is 0 Å². The second-order valence-electron chi connectivity index (χ2n) is 5.35. The fraction of sp³-hybridized carbons (Fsp3) is 0.500. The van der Waals surface area contributed by atoms with E-state index in [1.54, 1.807) is 12.8 Å². The molecule has 2 atom stereocenters. The van der Waals surface area contributed by atoms with E-state index >= 15 is 0 Å². The smallest absolute Gasteiger partial charge is 0.170 e. The normalized spacial score (nSPS) is 23.8. The molecule has 0 fully saturated rings. The number of aryl methyl sites for hydroxylation is 2. The maximum Gasteiger partial charge on any atom is 0.170 e. The second kappa shape index (κ2) is 6.55. The van der Waals surface area contributed by atoms with Crippen molar-refractivity contribution in [1.29, 1.82) is 0 Å². The Bertz CT molecular complexity index is 421. The van der Waals surface area contributed by atoms with Crippen molar-refractivity contribution < 1.29 is 9.47 Å². The van der Waals surface area contributed by atoms with Crippen LogP contribution in [-0.2, 0) is 22.3 Å². The Morgan fingerprint density at radius 1 is 0.800 bits per heavy atom. The molecule has 4 heteroatoms. The van der Waals surface area contributed by atoms with E-state index in [2.05, 4.69) is 34.3 Å². The average molecular weight is 272 g/mol. The molecule has 4 nitrogen and oxygen atoms in total. The Hall–Kier alpha value is -1.84. The molecule has 0 saturated heterocycles. The van der Waals surface area contributed by atoms with E-state index in [0.717, 1.165) is 38.8 Å². The van der Waals surface area contributed by atoms with E-state index in [1.165, 1.54) is 11.1 Å². The van der Waals surface area contributed by atoms with Crippen LogP contribution in [0.4, 0.5) is 0 Å². The molecule has 0 aliphatic carbocycles. The number of benzene rings is 1. The van der Waals surface area contributed by atoms with Crippen LogP contribution in [0.25, 0.3) is 0 Å². The molecule has 106 valence electrons. The van der Waals surface area contributed by atoms with Crippen molar-refractivity contribution in [3.8, 4) is 0 Å². The molecule has 0 radical (unpaired) electrons. The molecule has 0 aromatic heterocycles. The summed E-state index contributed by atoms with van der Waals surface area (Å²) in [6, 6.07) is 8.88. The summed E-state index contributed by atoms with van der Waals surface area (Å²) in [7, 11) is 0. The zero-order valence-corrected chi connectivity index (χ0v) is 11.6. The Morgan fingerprint density at radius 3 is 1.60 bits per heavy atom. The topological polar surface area (TPSA) is 43.2 Å². The predicted octanol–water partition coefficient (Wildman–Crippen LogP) is 2.41. The first-order valence-corrected chi connectivity index (χ1v) is 7.25. The molecule has 2 unspecified atom stereocenters. The van der Waals surface area contributed by atoms with E-state index in [-0.39, 0.29) is 12.2 Å². The van der Waals surface area contributed by atoms with Crippen LogP contribution in [-0.4, -0.2) is 38.1 Å². The van der Waals surface area contributed by atoms with E-state index < -0.39 is 0 Å². The van der Waals surface area contributed by atoms with Gasteiger partial charge in [-0.15, -0.1) is 0 Å². The predicted molar refractivity (Wildman–Crippen MR) is 79.5 cm³/mol. The zero-order chi connectivity index (χ0) is 13.6. The molecule has 2 aliphatic rings. The van der Waals surface area contributed by atoms with Gasteiger partial charge in [0.05, 0.1) is 13.1 Å². The van der Waals surface area contributed by atoms with Crippen LogP contribution >= 0.6 is 0 Å². The molecule has 1 aromatic carbocycles. The van der Waals surface area contributed by atoms with Crippen LogP contribution in [0.3, 0.4) is 0 Å². The first-order valence-electron chi connectivity index (χ1n) is 7.25. The SMILES string of the molecule is C1=NCC(CCc2ccc(CCC3CN=CO3)cc2)O1. The van der Waals surface area contributed by atoms with Gasteiger partial charge in [0.2, 0.25) is 0 Å². The zero-order valence-electron chi connectivity index (χ0n) is 11.6. The fourth-order valence-corrected chi connectivity index (χ4v) is 2.51. The summed E-state index contributed by atoms with van der Waals surface area (Å²) in [6.07, 6.45) is 7.86. The first kappa shape index (κ1) is 13.2. The highest BCUT2D eigenvalue weighted by molar-refractivity contribution is 5.49. The maximum absolute atomic E-state index is 5.38. The van der Waals surface area contributed by atoms with Gasteiger partial charge in [-0.2, -0.15) is 0 Å². The number of ether oxygens (including phenoxy) is 2. The van der Waals surface area contributed by atoms with Gasteiger partial charge in [0, 0.05) is 0 Å². The Kier molecular flexibility index (Phi) is 4.31. The van der Waals surface area contributed by atoms with Crippen molar-refractivity contribution in [3.63, 3.8) is 0 Å². The molecular weight excluding hydrogens is 252 g/mol. The van der Waals surface area contributed by atoms with Crippen molar-refractivity contribution in [3.05, 3.63) is 35.4 Å². The number of nitrogens with zero attached hydrogens (tertiary/aromatic N) is 2. The first-order chi connectivity index (χ1) is 9.90. The lowest BCUT2D eigenvalue weighted by atomic mass is 10.0. The van der Waals surface area contributed by atoms with Crippen molar-refractivity contribution in [2.24, 2.45) is 9.98 Å². The molecule has 1 aromatic rings. The van der Waals surface area contributed by atoms with Gasteiger partial charge >= 0.3 is 0 Å². The summed E-state index contributed by atoms with van der Waals surface area (Å²) in [5.74, 6) is 0. The Labute approximate surface area is 119 Å². The van der Waals surface area contributed by atoms with E-state index in [0.29, 0.717) is 0 Å². The molecule has 0 spiro atoms. The third-order valence-corrected chi connectivity index (χ3v) is 3.81. The van der Waals surface area contributed by atoms with Gasteiger partial charge in [-0.3, -0.25) is 9.98 Å². The highest BCUT2D eigenvalue weighted by atomic mass is 16.5. The third-order valence-electron chi connectivity index (χ3n) is 3.81. The van der Waals surface area contributed by atoms with E-state index in [9.17, 15) is 0 Å². The molecule has 20 heavy (non-hydrogen) atoms. The van der Waals surface area contributed by atoms with Crippen molar-refractivity contribution in [1.82, 2.24) is 0 Å². The number of hydrogen-bond donors (Lipinski definition) is 0. The molecule has 2 aliphatic heterocycles. The van der Waals surface area contributed by atoms with Crippen molar-refractivity contribution in [2.75, 3.05) is 13.1 Å². The minimum Gasteiger partial charge on any atom is -0.478 e. The number of hydrogen-bond acceptors (Lipinski definition) is 4. The summed E-state index contributed by atoms with van der Waals surface area (Å²) in [5.41, 5.74) is 2.73. The Morgan fingerprint density at radius 2 is 1.25 bits per heavy atom. The van der Waals surface area contributed by atoms with Gasteiger partial charge in [0.25, 0.3) is 0 Å². The van der Waals surface area contributed by atoms with E-state index in [1.807, 2.05) is 0 Å². The summed E-state index contributed by atoms with van der Waals surface area (Å²) in [5, 5.41) is 0. The monoisotopic (exact) mass is 272 g/mol. The lowest BCUT2D eigenvalue weighted by Gasteiger charge is -2.10.